The molecule has 2 aromatic rings. The molecule has 0 aliphatic carbocycles. The van der Waals surface area contributed by atoms with Gasteiger partial charge in [-0.15, -0.1) is 0 Å². The molecule has 1 atom stereocenters. The molecule has 1 N–H and O–H groups in total. The number of carbonyl (C=O) groups excluding carboxylic acids is 1. The Morgan fingerprint density at radius 2 is 2.00 bits per heavy atom. The summed E-state index contributed by atoms with van der Waals surface area (Å²) in [5.41, 5.74) is 0.411. The topological polar surface area (TPSA) is 54.7 Å². The molecular formula is C20H24Cl2N2O3. The van der Waals surface area contributed by atoms with Crippen molar-refractivity contribution >= 4 is 29.1 Å². The van der Waals surface area contributed by atoms with Crippen LogP contribution in [-0.2, 0) is 0 Å². The Balaban J connectivity index is 1.68. The molecule has 1 unspecified atom stereocenters. The van der Waals surface area contributed by atoms with Gasteiger partial charge in [-0.2, -0.15) is 0 Å². The molecule has 3 rings (SSSR count). The minimum absolute atomic E-state index is 0.0181. The van der Waals surface area contributed by atoms with Crippen molar-refractivity contribution in [1.29, 1.82) is 0 Å². The lowest BCUT2D eigenvalue weighted by Crippen LogP contribution is -2.36. The van der Waals surface area contributed by atoms with Gasteiger partial charge in [-0.25, -0.2) is 0 Å². The number of nitrogens with zero attached hydrogens (tertiary/aromatic N) is 1. The Labute approximate surface area is 169 Å². The first-order valence-corrected chi connectivity index (χ1v) is 10.0. The highest BCUT2D eigenvalue weighted by Gasteiger charge is 2.26. The van der Waals surface area contributed by atoms with Crippen LogP contribution in [0.5, 0.6) is 5.75 Å². The lowest BCUT2D eigenvalue weighted by Gasteiger charge is -2.26. The Morgan fingerprint density at radius 1 is 1.30 bits per heavy atom. The van der Waals surface area contributed by atoms with Gasteiger partial charge in [-0.1, -0.05) is 30.1 Å². The number of hydrogen-bond donors (Lipinski definition) is 1. The second-order valence-corrected chi connectivity index (χ2v) is 7.42. The van der Waals surface area contributed by atoms with Gasteiger partial charge < -0.3 is 14.5 Å². The second-order valence-electron chi connectivity index (χ2n) is 6.60. The number of hydrogen-bond acceptors (Lipinski definition) is 4. The maximum Gasteiger partial charge on any atom is 0.251 e. The molecule has 1 aromatic heterocycles. The average Bonchev–Trinajstić information content (AvgIpc) is 3.35. The highest BCUT2D eigenvalue weighted by atomic mass is 35.5. The molecule has 1 saturated heterocycles. The van der Waals surface area contributed by atoms with Gasteiger partial charge in [0, 0.05) is 12.1 Å². The molecule has 1 fully saturated rings. The average molecular weight is 411 g/mol. The number of furan rings is 1. The number of amides is 1. The molecule has 1 amide bonds. The Kier molecular flexibility index (Phi) is 7.05. The normalized spacial score (nSPS) is 15.7. The third-order valence-corrected chi connectivity index (χ3v) is 5.18. The number of likely N-dealkylation sites (tertiary alicyclic amines) is 1. The van der Waals surface area contributed by atoms with Gasteiger partial charge in [0.1, 0.15) is 5.76 Å². The lowest BCUT2D eigenvalue weighted by molar-refractivity contribution is 0.0933. The van der Waals surface area contributed by atoms with E-state index in [0.29, 0.717) is 34.5 Å². The van der Waals surface area contributed by atoms with E-state index in [4.69, 9.17) is 32.4 Å². The van der Waals surface area contributed by atoms with Crippen LogP contribution in [0.4, 0.5) is 0 Å². The van der Waals surface area contributed by atoms with Gasteiger partial charge in [-0.3, -0.25) is 9.69 Å². The van der Waals surface area contributed by atoms with Gasteiger partial charge in [0.25, 0.3) is 5.91 Å². The first-order valence-electron chi connectivity index (χ1n) is 9.27. The summed E-state index contributed by atoms with van der Waals surface area (Å²) in [6.07, 6.45) is 4.83. The van der Waals surface area contributed by atoms with Crippen LogP contribution in [-0.4, -0.2) is 37.0 Å². The van der Waals surface area contributed by atoms with Crippen LogP contribution >= 0.6 is 23.2 Å². The summed E-state index contributed by atoms with van der Waals surface area (Å²) in [5.74, 6) is 1.05. The molecule has 0 spiro atoms. The van der Waals surface area contributed by atoms with E-state index in [2.05, 4.69) is 10.2 Å². The monoisotopic (exact) mass is 410 g/mol. The number of halogens is 2. The number of ether oxygens (including phenoxy) is 1. The third kappa shape index (κ3) is 4.98. The zero-order valence-electron chi connectivity index (χ0n) is 15.3. The number of carbonyl (C=O) groups is 1. The Bertz CT molecular complexity index is 736. The summed E-state index contributed by atoms with van der Waals surface area (Å²) in [5, 5.41) is 3.66. The first kappa shape index (κ1) is 20.1. The maximum absolute atomic E-state index is 12.6. The number of benzene rings is 1. The van der Waals surface area contributed by atoms with Gasteiger partial charge >= 0.3 is 0 Å². The van der Waals surface area contributed by atoms with Crippen LogP contribution in [0.1, 0.15) is 48.3 Å². The fourth-order valence-electron chi connectivity index (χ4n) is 3.27. The van der Waals surface area contributed by atoms with Gasteiger partial charge in [-0.05, 0) is 56.6 Å². The summed E-state index contributed by atoms with van der Waals surface area (Å²) < 4.78 is 11.1. The van der Waals surface area contributed by atoms with Gasteiger partial charge in [0.15, 0.2) is 5.75 Å². The summed E-state index contributed by atoms with van der Waals surface area (Å²) in [6.45, 7) is 4.98. The third-order valence-electron chi connectivity index (χ3n) is 4.62. The lowest BCUT2D eigenvalue weighted by atomic mass is 10.1. The van der Waals surface area contributed by atoms with E-state index in [1.165, 1.54) is 0 Å². The van der Waals surface area contributed by atoms with Crippen molar-refractivity contribution in [1.82, 2.24) is 10.2 Å². The van der Waals surface area contributed by atoms with Crippen LogP contribution in [0.25, 0.3) is 0 Å². The summed E-state index contributed by atoms with van der Waals surface area (Å²) in [4.78, 5) is 15.0. The first-order chi connectivity index (χ1) is 13.1. The zero-order valence-corrected chi connectivity index (χ0v) is 16.9. The minimum atomic E-state index is -0.225. The maximum atomic E-state index is 12.6. The van der Waals surface area contributed by atoms with Crippen molar-refractivity contribution < 1.29 is 13.9 Å². The predicted octanol–water partition coefficient (Wildman–Crippen LogP) is 4.94. The summed E-state index contributed by atoms with van der Waals surface area (Å²) in [7, 11) is 0. The standard InChI is InChI=1S/C20H24Cl2N2O3/c1-2-9-27-19-15(21)11-14(12-16(19)22)20(25)23-13-17(18-6-5-10-26-18)24-7-3-4-8-24/h5-6,10-12,17H,2-4,7-9,13H2,1H3,(H,23,25). The second kappa shape index (κ2) is 9.49. The SMILES string of the molecule is CCCOc1c(Cl)cc(C(=O)NCC(c2ccco2)N2CCCC2)cc1Cl. The van der Waals surface area contributed by atoms with Crippen LogP contribution in [0.2, 0.25) is 10.0 Å². The molecule has 1 aromatic carbocycles. The molecule has 1 aliphatic rings. The molecule has 2 heterocycles. The van der Waals surface area contributed by atoms with Crippen molar-refractivity contribution in [3.05, 3.63) is 51.9 Å². The quantitative estimate of drug-likeness (QED) is 0.669. The highest BCUT2D eigenvalue weighted by Crippen LogP contribution is 2.34. The van der Waals surface area contributed by atoms with Crippen molar-refractivity contribution in [2.45, 2.75) is 32.2 Å². The van der Waals surface area contributed by atoms with Crippen LogP contribution in [0, 0.1) is 0 Å². The largest absolute Gasteiger partial charge is 0.490 e. The fraction of sp³-hybridized carbons (Fsp3) is 0.450. The molecule has 7 heteroatoms. The molecule has 0 saturated carbocycles. The van der Waals surface area contributed by atoms with Crippen molar-refractivity contribution in [3.63, 3.8) is 0 Å². The van der Waals surface area contributed by atoms with E-state index < -0.39 is 0 Å². The van der Waals surface area contributed by atoms with Crippen molar-refractivity contribution in [2.24, 2.45) is 0 Å². The van der Waals surface area contributed by atoms with E-state index >= 15 is 0 Å². The summed E-state index contributed by atoms with van der Waals surface area (Å²) in [6, 6.07) is 7.01. The predicted molar refractivity (Wildman–Crippen MR) is 107 cm³/mol. The molecule has 5 nitrogen and oxygen atoms in total. The minimum Gasteiger partial charge on any atom is -0.490 e. The van der Waals surface area contributed by atoms with Crippen molar-refractivity contribution in [3.8, 4) is 5.75 Å². The molecule has 1 aliphatic heterocycles. The fourth-order valence-corrected chi connectivity index (χ4v) is 3.86. The molecular weight excluding hydrogens is 387 g/mol. The Morgan fingerprint density at radius 3 is 2.59 bits per heavy atom. The number of nitrogens with one attached hydrogen (secondary N) is 1. The van der Waals surface area contributed by atoms with Crippen molar-refractivity contribution in [2.75, 3.05) is 26.2 Å². The molecule has 0 bridgehead atoms. The smallest absolute Gasteiger partial charge is 0.251 e. The highest BCUT2D eigenvalue weighted by molar-refractivity contribution is 6.37. The molecule has 146 valence electrons. The van der Waals surface area contributed by atoms with Gasteiger partial charge in [0.2, 0.25) is 0 Å². The molecule has 27 heavy (non-hydrogen) atoms. The Hall–Kier alpha value is -1.69. The van der Waals surface area contributed by atoms with E-state index in [1.54, 1.807) is 18.4 Å². The number of rotatable bonds is 8. The molecule has 0 radical (unpaired) electrons. The van der Waals surface area contributed by atoms with Crippen LogP contribution in [0.3, 0.4) is 0 Å². The van der Waals surface area contributed by atoms with Gasteiger partial charge in [0.05, 0.1) is 29.0 Å². The van der Waals surface area contributed by atoms with Crippen LogP contribution < -0.4 is 10.1 Å². The van der Waals surface area contributed by atoms with Crippen LogP contribution in [0.15, 0.2) is 34.9 Å². The zero-order chi connectivity index (χ0) is 19.2. The van der Waals surface area contributed by atoms with E-state index in [9.17, 15) is 4.79 Å². The summed E-state index contributed by atoms with van der Waals surface area (Å²) >= 11 is 12.5. The van der Waals surface area contributed by atoms with E-state index in [1.807, 2.05) is 19.1 Å². The van der Waals surface area contributed by atoms with E-state index in [-0.39, 0.29) is 11.9 Å². The van der Waals surface area contributed by atoms with E-state index in [0.717, 1.165) is 38.1 Å².